The zero-order valence-corrected chi connectivity index (χ0v) is 10.1. The Hall–Kier alpha value is -0.958. The second-order valence-electron chi connectivity index (χ2n) is 2.77. The van der Waals surface area contributed by atoms with Gasteiger partial charge in [0.15, 0.2) is 0 Å². The van der Waals surface area contributed by atoms with Crippen LogP contribution < -0.4 is 9.84 Å². The van der Waals surface area contributed by atoms with Gasteiger partial charge in [-0.2, -0.15) is 0 Å². The SMILES string of the molecule is Fc1cc(Cl)ccc1COc1nc[n-]n1.[Pd]. The number of rotatable bonds is 3. The largest absolute Gasteiger partial charge is 0.475 e. The van der Waals surface area contributed by atoms with E-state index in [1.807, 2.05) is 0 Å². The van der Waals surface area contributed by atoms with Crippen LogP contribution >= 0.6 is 11.6 Å². The van der Waals surface area contributed by atoms with Gasteiger partial charge < -0.3 is 14.8 Å². The Balaban J connectivity index is 0.00000128. The molecule has 0 amide bonds. The molecule has 4 nitrogen and oxygen atoms in total. The predicted octanol–water partition coefficient (Wildman–Crippen LogP) is 1.80. The second-order valence-corrected chi connectivity index (χ2v) is 3.20. The summed E-state index contributed by atoms with van der Waals surface area (Å²) in [6.07, 6.45) is 1.26. The average molecular weight is 333 g/mol. The molecule has 0 spiro atoms. The molecule has 1 heterocycles. The number of aromatic nitrogens is 3. The summed E-state index contributed by atoms with van der Waals surface area (Å²) >= 11 is 5.60. The van der Waals surface area contributed by atoms with Crippen molar-refractivity contribution in [3.05, 3.63) is 40.9 Å². The van der Waals surface area contributed by atoms with Crippen molar-refractivity contribution in [1.82, 2.24) is 15.2 Å². The maximum Gasteiger partial charge on any atom is 0.206 e. The first-order chi connectivity index (χ1) is 7.25. The molecule has 88 valence electrons. The van der Waals surface area contributed by atoms with E-state index in [9.17, 15) is 4.39 Å². The third-order valence-electron chi connectivity index (χ3n) is 1.73. The topological polar surface area (TPSA) is 49.1 Å². The first-order valence-electron chi connectivity index (χ1n) is 4.13. The van der Waals surface area contributed by atoms with Gasteiger partial charge in [0.1, 0.15) is 12.4 Å². The van der Waals surface area contributed by atoms with Gasteiger partial charge in [-0.3, -0.25) is 0 Å². The van der Waals surface area contributed by atoms with Crippen LogP contribution in [0.5, 0.6) is 6.01 Å². The molecule has 0 radical (unpaired) electrons. The quantitative estimate of drug-likeness (QED) is 0.804. The van der Waals surface area contributed by atoms with Gasteiger partial charge in [-0.1, -0.05) is 24.0 Å². The van der Waals surface area contributed by atoms with Gasteiger partial charge in [0.2, 0.25) is 6.01 Å². The van der Waals surface area contributed by atoms with Crippen molar-refractivity contribution >= 4 is 11.6 Å². The molecule has 1 aromatic heterocycles. The third-order valence-corrected chi connectivity index (χ3v) is 1.97. The number of nitrogens with zero attached hydrogens (tertiary/aromatic N) is 3. The summed E-state index contributed by atoms with van der Waals surface area (Å²) < 4.78 is 18.3. The van der Waals surface area contributed by atoms with Gasteiger partial charge in [0, 0.05) is 31.0 Å². The number of hydrogen-bond acceptors (Lipinski definition) is 3. The van der Waals surface area contributed by atoms with Crippen LogP contribution in [0.3, 0.4) is 0 Å². The fourth-order valence-corrected chi connectivity index (χ4v) is 1.18. The molecule has 0 aliphatic heterocycles. The van der Waals surface area contributed by atoms with E-state index in [2.05, 4.69) is 15.2 Å². The van der Waals surface area contributed by atoms with E-state index in [4.69, 9.17) is 16.3 Å². The molecule has 0 N–H and O–H groups in total. The van der Waals surface area contributed by atoms with E-state index >= 15 is 0 Å². The summed E-state index contributed by atoms with van der Waals surface area (Å²) in [6.45, 7) is 0.0503. The molecule has 0 saturated carbocycles. The maximum absolute atomic E-state index is 13.3. The summed E-state index contributed by atoms with van der Waals surface area (Å²) in [6, 6.07) is 4.50. The number of ether oxygens (including phenoxy) is 1. The first-order valence-corrected chi connectivity index (χ1v) is 4.50. The van der Waals surface area contributed by atoms with E-state index < -0.39 is 5.82 Å². The Bertz CT molecular complexity index is 452. The number of benzene rings is 1. The molecule has 0 atom stereocenters. The van der Waals surface area contributed by atoms with Crippen molar-refractivity contribution in [2.75, 3.05) is 0 Å². The van der Waals surface area contributed by atoms with Crippen LogP contribution in [-0.4, -0.2) is 10.1 Å². The monoisotopic (exact) mass is 332 g/mol. The molecule has 0 fully saturated rings. The minimum absolute atomic E-state index is 0. The summed E-state index contributed by atoms with van der Waals surface area (Å²) in [4.78, 5) is 3.69. The van der Waals surface area contributed by atoms with Gasteiger partial charge >= 0.3 is 0 Å². The molecular weight excluding hydrogens is 327 g/mol. The molecule has 0 unspecified atom stereocenters. The molecule has 0 saturated heterocycles. The molecule has 0 aliphatic rings. The minimum Gasteiger partial charge on any atom is -0.475 e. The standard InChI is InChI=1S/C9H6ClFN3O.Pd/c10-7-2-1-6(8(11)3-7)4-15-9-12-5-13-14-9;/h1-3,5H,4H2;/q-1;. The summed E-state index contributed by atoms with van der Waals surface area (Å²) in [7, 11) is 0. The predicted molar refractivity (Wildman–Crippen MR) is 51.1 cm³/mol. The van der Waals surface area contributed by atoms with Gasteiger partial charge in [-0.15, -0.1) is 0 Å². The van der Waals surface area contributed by atoms with Crippen LogP contribution in [0.1, 0.15) is 5.56 Å². The van der Waals surface area contributed by atoms with E-state index in [0.717, 1.165) is 0 Å². The molecule has 0 bridgehead atoms. The van der Waals surface area contributed by atoms with E-state index in [0.29, 0.717) is 10.6 Å². The van der Waals surface area contributed by atoms with Gasteiger partial charge in [0.05, 0.1) is 0 Å². The average Bonchev–Trinajstić information content (AvgIpc) is 2.69. The summed E-state index contributed by atoms with van der Waals surface area (Å²) in [5.41, 5.74) is 0.393. The fourth-order valence-electron chi connectivity index (χ4n) is 1.02. The number of halogens is 2. The molecule has 7 heteroatoms. The van der Waals surface area contributed by atoms with Gasteiger partial charge in [-0.25, -0.2) is 9.49 Å². The van der Waals surface area contributed by atoms with Crippen molar-refractivity contribution in [2.45, 2.75) is 6.61 Å². The molecule has 1 aromatic carbocycles. The Kier molecular flexibility index (Phi) is 4.87. The molecule has 0 aliphatic carbocycles. The van der Waals surface area contributed by atoms with E-state index in [1.54, 1.807) is 12.1 Å². The van der Waals surface area contributed by atoms with Crippen molar-refractivity contribution in [3.8, 4) is 6.01 Å². The Labute approximate surface area is 110 Å². The Morgan fingerprint density at radius 1 is 1.44 bits per heavy atom. The van der Waals surface area contributed by atoms with Crippen LogP contribution in [0.4, 0.5) is 4.39 Å². The maximum atomic E-state index is 13.3. The van der Waals surface area contributed by atoms with Crippen LogP contribution in [-0.2, 0) is 27.0 Å². The Morgan fingerprint density at radius 2 is 2.25 bits per heavy atom. The molecular formula is C9H6ClFN3OPd-. The van der Waals surface area contributed by atoms with Gasteiger partial charge in [-0.05, 0) is 12.1 Å². The zero-order chi connectivity index (χ0) is 10.7. The smallest absolute Gasteiger partial charge is 0.206 e. The molecule has 2 rings (SSSR count). The van der Waals surface area contributed by atoms with E-state index in [1.165, 1.54) is 12.4 Å². The zero-order valence-electron chi connectivity index (χ0n) is 7.84. The van der Waals surface area contributed by atoms with Crippen molar-refractivity contribution in [2.24, 2.45) is 0 Å². The van der Waals surface area contributed by atoms with Crippen molar-refractivity contribution < 1.29 is 29.6 Å². The van der Waals surface area contributed by atoms with Crippen molar-refractivity contribution in [3.63, 3.8) is 0 Å². The van der Waals surface area contributed by atoms with Crippen LogP contribution in [0.25, 0.3) is 0 Å². The molecule has 16 heavy (non-hydrogen) atoms. The van der Waals surface area contributed by atoms with Crippen LogP contribution in [0.15, 0.2) is 24.5 Å². The second kappa shape index (κ2) is 5.95. The summed E-state index contributed by atoms with van der Waals surface area (Å²) in [5.74, 6) is -0.415. The molecule has 2 aromatic rings. The van der Waals surface area contributed by atoms with E-state index in [-0.39, 0.29) is 33.0 Å². The van der Waals surface area contributed by atoms with Crippen LogP contribution in [0, 0.1) is 5.82 Å². The van der Waals surface area contributed by atoms with Crippen molar-refractivity contribution in [1.29, 1.82) is 0 Å². The third kappa shape index (κ3) is 3.27. The first kappa shape index (κ1) is 13.1. The summed E-state index contributed by atoms with van der Waals surface area (Å²) in [5, 5.41) is 7.37. The van der Waals surface area contributed by atoms with Crippen LogP contribution in [0.2, 0.25) is 5.02 Å². The normalized spacial score (nSPS) is 9.62. The van der Waals surface area contributed by atoms with Gasteiger partial charge in [0.25, 0.3) is 0 Å². The fraction of sp³-hybridized carbons (Fsp3) is 0.111. The number of hydrogen-bond donors (Lipinski definition) is 0. The minimum atomic E-state index is -0.415. The Morgan fingerprint density at radius 3 is 2.88 bits per heavy atom.